The summed E-state index contributed by atoms with van der Waals surface area (Å²) in [6, 6.07) is 6.44. The van der Waals surface area contributed by atoms with Crippen LogP contribution < -0.4 is 5.43 Å². The fraction of sp³-hybridized carbons (Fsp3) is 0.294. The lowest BCUT2D eigenvalue weighted by molar-refractivity contribution is -0.140. The maximum absolute atomic E-state index is 13.2. The normalized spacial score (nSPS) is 12.0. The van der Waals surface area contributed by atoms with E-state index in [4.69, 9.17) is 9.15 Å². The van der Waals surface area contributed by atoms with Gasteiger partial charge in [0.1, 0.15) is 18.2 Å². The standard InChI is InChI=1S/C17H17FO6/c1-22-9-12-7-14(19)16(21)17(24-12)13(8-15(20)23-2)10-3-5-11(18)6-4-10/h3-7,13,21H,8-9H2,1-2H3. The Bertz CT molecular complexity index is 766. The Morgan fingerprint density at radius 3 is 2.54 bits per heavy atom. The zero-order chi connectivity index (χ0) is 17.7. The molecule has 0 spiro atoms. The van der Waals surface area contributed by atoms with Gasteiger partial charge in [0, 0.05) is 13.2 Å². The molecule has 0 saturated carbocycles. The number of aromatic hydroxyl groups is 1. The molecule has 1 heterocycles. The summed E-state index contributed by atoms with van der Waals surface area (Å²) in [5.74, 6) is -2.31. The minimum Gasteiger partial charge on any atom is -0.502 e. The molecule has 1 N–H and O–H groups in total. The zero-order valence-corrected chi connectivity index (χ0v) is 13.2. The molecule has 1 aromatic heterocycles. The molecule has 1 aromatic carbocycles. The van der Waals surface area contributed by atoms with Crippen molar-refractivity contribution in [1.82, 2.24) is 0 Å². The Balaban J connectivity index is 2.56. The van der Waals surface area contributed by atoms with Crippen LogP contribution in [0.3, 0.4) is 0 Å². The molecule has 0 saturated heterocycles. The molecular weight excluding hydrogens is 319 g/mol. The van der Waals surface area contributed by atoms with E-state index in [-0.39, 0.29) is 24.5 Å². The third-order valence-electron chi connectivity index (χ3n) is 3.47. The minimum atomic E-state index is -0.803. The number of ether oxygens (including phenoxy) is 2. The molecule has 2 rings (SSSR count). The van der Waals surface area contributed by atoms with Crippen molar-refractivity contribution in [3.05, 3.63) is 63.5 Å². The SMILES string of the molecule is COCc1cc(=O)c(O)c(C(CC(=O)OC)c2ccc(F)cc2)o1. The Kier molecular flexibility index (Phi) is 5.70. The zero-order valence-electron chi connectivity index (χ0n) is 13.2. The molecule has 1 unspecified atom stereocenters. The van der Waals surface area contributed by atoms with E-state index in [1.807, 2.05) is 0 Å². The lowest BCUT2D eigenvalue weighted by atomic mass is 9.92. The van der Waals surface area contributed by atoms with Gasteiger partial charge in [0.15, 0.2) is 5.76 Å². The number of carbonyl (C=O) groups is 1. The Morgan fingerprint density at radius 2 is 1.96 bits per heavy atom. The highest BCUT2D eigenvalue weighted by molar-refractivity contribution is 5.71. The highest BCUT2D eigenvalue weighted by Gasteiger charge is 2.26. The average Bonchev–Trinajstić information content (AvgIpc) is 2.57. The number of benzene rings is 1. The van der Waals surface area contributed by atoms with Crippen molar-refractivity contribution in [3.63, 3.8) is 0 Å². The summed E-state index contributed by atoms with van der Waals surface area (Å²) >= 11 is 0. The molecule has 0 fully saturated rings. The number of carbonyl (C=O) groups excluding carboxylic acids is 1. The fourth-order valence-electron chi connectivity index (χ4n) is 2.31. The topological polar surface area (TPSA) is 86.0 Å². The summed E-state index contributed by atoms with van der Waals surface area (Å²) in [5.41, 5.74) is -0.157. The first-order valence-corrected chi connectivity index (χ1v) is 7.13. The smallest absolute Gasteiger partial charge is 0.306 e. The first-order valence-electron chi connectivity index (χ1n) is 7.13. The lowest BCUT2D eigenvalue weighted by Gasteiger charge is -2.17. The minimum absolute atomic E-state index is 0.0247. The van der Waals surface area contributed by atoms with Crippen LogP contribution in [0.4, 0.5) is 4.39 Å². The van der Waals surface area contributed by atoms with E-state index in [9.17, 15) is 19.1 Å². The van der Waals surface area contributed by atoms with Crippen LogP contribution in [-0.4, -0.2) is 25.3 Å². The second-order valence-electron chi connectivity index (χ2n) is 5.11. The number of hydrogen-bond donors (Lipinski definition) is 1. The summed E-state index contributed by atoms with van der Waals surface area (Å²) in [4.78, 5) is 23.7. The predicted octanol–water partition coefficient (Wildman–Crippen LogP) is 2.33. The molecule has 2 aromatic rings. The van der Waals surface area contributed by atoms with Crippen molar-refractivity contribution in [1.29, 1.82) is 0 Å². The molecule has 0 radical (unpaired) electrons. The van der Waals surface area contributed by atoms with Crippen LogP contribution in [0.2, 0.25) is 0 Å². The van der Waals surface area contributed by atoms with Crippen molar-refractivity contribution < 1.29 is 28.2 Å². The number of hydrogen-bond acceptors (Lipinski definition) is 6. The summed E-state index contributed by atoms with van der Waals surface area (Å²) in [5, 5.41) is 10.1. The molecule has 0 aliphatic carbocycles. The highest BCUT2D eigenvalue weighted by atomic mass is 19.1. The first kappa shape index (κ1) is 17.7. The quantitative estimate of drug-likeness (QED) is 0.815. The molecule has 6 nitrogen and oxygen atoms in total. The summed E-state index contributed by atoms with van der Waals surface area (Å²) < 4.78 is 28.3. The molecule has 0 aliphatic heterocycles. The largest absolute Gasteiger partial charge is 0.502 e. The van der Waals surface area contributed by atoms with Gasteiger partial charge in [-0.05, 0) is 17.7 Å². The van der Waals surface area contributed by atoms with E-state index >= 15 is 0 Å². The molecule has 1 atom stereocenters. The van der Waals surface area contributed by atoms with Gasteiger partial charge in [-0.3, -0.25) is 9.59 Å². The summed E-state index contributed by atoms with van der Waals surface area (Å²) in [6.45, 7) is 0.0247. The van der Waals surface area contributed by atoms with E-state index in [0.29, 0.717) is 5.56 Å². The molecular formula is C17H17FO6. The number of esters is 1. The molecule has 24 heavy (non-hydrogen) atoms. The molecule has 0 amide bonds. The van der Waals surface area contributed by atoms with Gasteiger partial charge in [0.25, 0.3) is 0 Å². The van der Waals surface area contributed by atoms with Crippen LogP contribution in [0.1, 0.15) is 29.4 Å². The monoisotopic (exact) mass is 336 g/mol. The van der Waals surface area contributed by atoms with Crippen LogP contribution in [0.5, 0.6) is 5.75 Å². The van der Waals surface area contributed by atoms with Gasteiger partial charge in [0.05, 0.1) is 19.4 Å². The second kappa shape index (κ2) is 7.74. The van der Waals surface area contributed by atoms with Gasteiger partial charge in [-0.2, -0.15) is 0 Å². The number of methoxy groups -OCH3 is 2. The van der Waals surface area contributed by atoms with Crippen LogP contribution in [0.25, 0.3) is 0 Å². The van der Waals surface area contributed by atoms with Crippen molar-refractivity contribution >= 4 is 5.97 Å². The van der Waals surface area contributed by atoms with Crippen LogP contribution in [0.15, 0.2) is 39.5 Å². The number of halogens is 1. The molecule has 7 heteroatoms. The third kappa shape index (κ3) is 3.99. The van der Waals surface area contributed by atoms with Gasteiger partial charge >= 0.3 is 5.97 Å². The average molecular weight is 336 g/mol. The number of rotatable bonds is 6. The first-order chi connectivity index (χ1) is 11.5. The van der Waals surface area contributed by atoms with Crippen LogP contribution in [0, 0.1) is 5.82 Å². The predicted molar refractivity (Wildman–Crippen MR) is 82.2 cm³/mol. The van der Waals surface area contributed by atoms with Crippen molar-refractivity contribution in [2.75, 3.05) is 14.2 Å². The Labute approximate surface area is 137 Å². The van der Waals surface area contributed by atoms with E-state index in [0.717, 1.165) is 6.07 Å². The lowest BCUT2D eigenvalue weighted by Crippen LogP contribution is -2.14. The van der Waals surface area contributed by atoms with Gasteiger partial charge < -0.3 is 19.0 Å². The maximum Gasteiger partial charge on any atom is 0.306 e. The van der Waals surface area contributed by atoms with Crippen molar-refractivity contribution in [2.24, 2.45) is 0 Å². The van der Waals surface area contributed by atoms with E-state index in [1.54, 1.807) is 0 Å². The molecule has 128 valence electrons. The van der Waals surface area contributed by atoms with Gasteiger partial charge in [0.2, 0.25) is 11.2 Å². The van der Waals surface area contributed by atoms with Gasteiger partial charge in [-0.1, -0.05) is 12.1 Å². The molecule has 0 bridgehead atoms. The van der Waals surface area contributed by atoms with E-state index < -0.39 is 28.9 Å². The Hall–Kier alpha value is -2.67. The maximum atomic E-state index is 13.2. The second-order valence-corrected chi connectivity index (χ2v) is 5.11. The van der Waals surface area contributed by atoms with E-state index in [1.165, 1.54) is 38.5 Å². The molecule has 0 aliphatic rings. The highest BCUT2D eigenvalue weighted by Crippen LogP contribution is 2.33. The van der Waals surface area contributed by atoms with Crippen molar-refractivity contribution in [2.45, 2.75) is 18.9 Å². The van der Waals surface area contributed by atoms with Crippen molar-refractivity contribution in [3.8, 4) is 5.75 Å². The summed E-state index contributed by atoms with van der Waals surface area (Å²) in [6.07, 6.45) is -0.185. The fourth-order valence-corrected chi connectivity index (χ4v) is 2.31. The van der Waals surface area contributed by atoms with Gasteiger partial charge in [-0.15, -0.1) is 0 Å². The van der Waals surface area contributed by atoms with Crippen LogP contribution >= 0.6 is 0 Å². The third-order valence-corrected chi connectivity index (χ3v) is 3.47. The van der Waals surface area contributed by atoms with E-state index in [2.05, 4.69) is 4.74 Å². The Morgan fingerprint density at radius 1 is 1.29 bits per heavy atom. The summed E-state index contributed by atoms with van der Waals surface area (Å²) in [7, 11) is 2.65. The van der Waals surface area contributed by atoms with Gasteiger partial charge in [-0.25, -0.2) is 4.39 Å². The van der Waals surface area contributed by atoms with Crippen LogP contribution in [-0.2, 0) is 20.9 Å².